The lowest BCUT2D eigenvalue weighted by Gasteiger charge is -2.13. The third kappa shape index (κ3) is 3.37. The van der Waals surface area contributed by atoms with Gasteiger partial charge in [0.25, 0.3) is 0 Å². The van der Waals surface area contributed by atoms with Gasteiger partial charge in [0.15, 0.2) is 0 Å². The van der Waals surface area contributed by atoms with Crippen LogP contribution < -0.4 is 9.64 Å². The minimum Gasteiger partial charge on any atom is -0.486 e. The quantitative estimate of drug-likeness (QED) is 0.900. The molecule has 4 heteroatoms. The van der Waals surface area contributed by atoms with Crippen molar-refractivity contribution in [2.24, 2.45) is 0 Å². The number of nitrogens with one attached hydrogen (secondary N) is 1. The predicted molar refractivity (Wildman–Crippen MR) is 69.4 cm³/mol. The van der Waals surface area contributed by atoms with Crippen molar-refractivity contribution in [3.05, 3.63) is 27.7 Å². The van der Waals surface area contributed by atoms with Gasteiger partial charge < -0.3 is 9.64 Å². The van der Waals surface area contributed by atoms with Crippen LogP contribution in [0.5, 0.6) is 5.75 Å². The minimum atomic E-state index is 0.672. The Hall–Kier alpha value is -0.250. The van der Waals surface area contributed by atoms with Crippen LogP contribution in [0, 0.1) is 0 Å². The van der Waals surface area contributed by atoms with Crippen LogP contribution in [0.25, 0.3) is 0 Å². The van der Waals surface area contributed by atoms with Crippen LogP contribution in [-0.4, -0.2) is 26.2 Å². The molecule has 1 N–H and O–H groups in total. The third-order valence-corrected chi connectivity index (χ3v) is 3.71. The van der Waals surface area contributed by atoms with Crippen molar-refractivity contribution in [3.63, 3.8) is 0 Å². The first-order valence-corrected chi connectivity index (χ1v) is 6.84. The van der Waals surface area contributed by atoms with Crippen molar-refractivity contribution in [1.29, 1.82) is 0 Å². The zero-order chi connectivity index (χ0) is 11.4. The van der Waals surface area contributed by atoms with E-state index in [0.717, 1.165) is 23.4 Å². The molecule has 0 amide bonds. The maximum Gasteiger partial charge on any atom is 0.138 e. The SMILES string of the molecule is Clc1cc(Br)ccc1OCC[NH+]1CCCC1. The van der Waals surface area contributed by atoms with E-state index in [1.165, 1.54) is 25.9 Å². The van der Waals surface area contributed by atoms with Gasteiger partial charge in [-0.05, 0) is 18.2 Å². The van der Waals surface area contributed by atoms with E-state index in [-0.39, 0.29) is 0 Å². The Bertz CT molecular complexity index is 353. The Kier molecular flexibility index (Phi) is 4.50. The predicted octanol–water partition coefficient (Wildman–Crippen LogP) is 2.16. The summed E-state index contributed by atoms with van der Waals surface area (Å²) in [5, 5.41) is 0.672. The van der Waals surface area contributed by atoms with E-state index in [9.17, 15) is 0 Å². The van der Waals surface area contributed by atoms with Gasteiger partial charge >= 0.3 is 0 Å². The molecule has 1 aromatic rings. The fourth-order valence-corrected chi connectivity index (χ4v) is 2.75. The summed E-state index contributed by atoms with van der Waals surface area (Å²) in [5.74, 6) is 0.781. The van der Waals surface area contributed by atoms with E-state index in [2.05, 4.69) is 15.9 Å². The molecule has 1 aliphatic rings. The van der Waals surface area contributed by atoms with Gasteiger partial charge in [-0.1, -0.05) is 27.5 Å². The molecule has 1 heterocycles. The lowest BCUT2D eigenvalue weighted by molar-refractivity contribution is -0.887. The van der Waals surface area contributed by atoms with Gasteiger partial charge in [-0.3, -0.25) is 0 Å². The largest absolute Gasteiger partial charge is 0.486 e. The molecule has 1 fully saturated rings. The zero-order valence-corrected chi connectivity index (χ0v) is 11.5. The Morgan fingerprint density at radius 3 is 2.75 bits per heavy atom. The van der Waals surface area contributed by atoms with Crippen molar-refractivity contribution in [2.75, 3.05) is 26.2 Å². The highest BCUT2D eigenvalue weighted by Crippen LogP contribution is 2.27. The van der Waals surface area contributed by atoms with Crippen LogP contribution in [0.2, 0.25) is 5.02 Å². The van der Waals surface area contributed by atoms with Crippen LogP contribution in [0.3, 0.4) is 0 Å². The van der Waals surface area contributed by atoms with Gasteiger partial charge in [-0.25, -0.2) is 0 Å². The molecule has 0 aliphatic carbocycles. The summed E-state index contributed by atoms with van der Waals surface area (Å²) < 4.78 is 6.66. The molecule has 0 atom stereocenters. The first-order chi connectivity index (χ1) is 7.75. The van der Waals surface area contributed by atoms with Gasteiger partial charge in [-0.15, -0.1) is 0 Å². The molecule has 1 saturated heterocycles. The van der Waals surface area contributed by atoms with Crippen LogP contribution in [-0.2, 0) is 0 Å². The third-order valence-electron chi connectivity index (χ3n) is 2.92. The van der Waals surface area contributed by atoms with Gasteiger partial charge in [-0.2, -0.15) is 0 Å². The number of hydrogen-bond donors (Lipinski definition) is 1. The van der Waals surface area contributed by atoms with E-state index in [1.807, 2.05) is 18.2 Å². The molecule has 88 valence electrons. The molecule has 0 bridgehead atoms. The fraction of sp³-hybridized carbons (Fsp3) is 0.500. The highest BCUT2D eigenvalue weighted by molar-refractivity contribution is 9.10. The van der Waals surface area contributed by atoms with Crippen molar-refractivity contribution >= 4 is 27.5 Å². The smallest absolute Gasteiger partial charge is 0.138 e. The van der Waals surface area contributed by atoms with Gasteiger partial charge in [0.1, 0.15) is 18.9 Å². The number of quaternary nitrogens is 1. The van der Waals surface area contributed by atoms with E-state index >= 15 is 0 Å². The molecule has 0 radical (unpaired) electrons. The topological polar surface area (TPSA) is 13.7 Å². The number of halogens is 2. The lowest BCUT2D eigenvalue weighted by Crippen LogP contribution is -3.10. The molecule has 1 aliphatic heterocycles. The maximum absolute atomic E-state index is 6.06. The molecule has 2 nitrogen and oxygen atoms in total. The average molecular weight is 306 g/mol. The second-order valence-electron chi connectivity index (χ2n) is 4.13. The fourth-order valence-electron chi connectivity index (χ4n) is 2.02. The van der Waals surface area contributed by atoms with Crippen molar-refractivity contribution in [1.82, 2.24) is 0 Å². The van der Waals surface area contributed by atoms with E-state index in [4.69, 9.17) is 16.3 Å². The Labute approximate surface area is 110 Å². The standard InChI is InChI=1S/C12H15BrClNO/c13-10-3-4-12(11(14)9-10)16-8-7-15-5-1-2-6-15/h3-4,9H,1-2,5-8H2/p+1. The van der Waals surface area contributed by atoms with Gasteiger partial charge in [0.05, 0.1) is 18.1 Å². The summed E-state index contributed by atoms with van der Waals surface area (Å²) in [6, 6.07) is 5.72. The van der Waals surface area contributed by atoms with Crippen molar-refractivity contribution < 1.29 is 9.64 Å². The number of hydrogen-bond acceptors (Lipinski definition) is 1. The van der Waals surface area contributed by atoms with Crippen LogP contribution in [0.1, 0.15) is 12.8 Å². The zero-order valence-electron chi connectivity index (χ0n) is 9.14. The van der Waals surface area contributed by atoms with E-state index in [1.54, 1.807) is 4.90 Å². The Morgan fingerprint density at radius 1 is 1.31 bits per heavy atom. The molecule has 0 saturated carbocycles. The summed E-state index contributed by atoms with van der Waals surface area (Å²) in [4.78, 5) is 1.65. The summed E-state index contributed by atoms with van der Waals surface area (Å²) in [6.07, 6.45) is 2.71. The monoisotopic (exact) mass is 304 g/mol. The van der Waals surface area contributed by atoms with Crippen LogP contribution >= 0.6 is 27.5 Å². The first kappa shape index (κ1) is 12.2. The molecule has 0 unspecified atom stereocenters. The van der Waals surface area contributed by atoms with Gasteiger partial charge in [0.2, 0.25) is 0 Å². The van der Waals surface area contributed by atoms with Crippen LogP contribution in [0.4, 0.5) is 0 Å². The van der Waals surface area contributed by atoms with Gasteiger partial charge in [0, 0.05) is 17.3 Å². The molecule has 0 spiro atoms. The average Bonchev–Trinajstić information content (AvgIpc) is 2.74. The summed E-state index contributed by atoms with van der Waals surface area (Å²) in [7, 11) is 0. The Morgan fingerprint density at radius 2 is 2.06 bits per heavy atom. The number of rotatable bonds is 4. The normalized spacial score (nSPS) is 16.6. The minimum absolute atomic E-state index is 0.672. The molecule has 0 aromatic heterocycles. The number of ether oxygens (including phenoxy) is 1. The summed E-state index contributed by atoms with van der Waals surface area (Å²) in [6.45, 7) is 4.40. The second-order valence-corrected chi connectivity index (χ2v) is 5.45. The van der Waals surface area contributed by atoms with Crippen molar-refractivity contribution in [2.45, 2.75) is 12.8 Å². The first-order valence-electron chi connectivity index (χ1n) is 5.67. The highest BCUT2D eigenvalue weighted by atomic mass is 79.9. The lowest BCUT2D eigenvalue weighted by atomic mass is 10.3. The molecule has 16 heavy (non-hydrogen) atoms. The molecule has 2 rings (SSSR count). The number of likely N-dealkylation sites (tertiary alicyclic amines) is 1. The summed E-state index contributed by atoms with van der Waals surface area (Å²) >= 11 is 9.44. The summed E-state index contributed by atoms with van der Waals surface area (Å²) in [5.41, 5.74) is 0. The number of benzene rings is 1. The Balaban J connectivity index is 1.80. The second kappa shape index (κ2) is 5.89. The van der Waals surface area contributed by atoms with Crippen molar-refractivity contribution in [3.8, 4) is 5.75 Å². The van der Waals surface area contributed by atoms with E-state index < -0.39 is 0 Å². The molecular formula is C12H16BrClNO+. The highest BCUT2D eigenvalue weighted by Gasteiger charge is 2.14. The molecular weight excluding hydrogens is 289 g/mol. The van der Waals surface area contributed by atoms with E-state index in [0.29, 0.717) is 5.02 Å². The molecule has 1 aromatic carbocycles. The maximum atomic E-state index is 6.06. The van der Waals surface area contributed by atoms with Crippen LogP contribution in [0.15, 0.2) is 22.7 Å².